The van der Waals surface area contributed by atoms with Crippen molar-refractivity contribution >= 4 is 0 Å². The third kappa shape index (κ3) is 6.30. The third-order valence-corrected chi connectivity index (χ3v) is 15.6. The lowest BCUT2D eigenvalue weighted by atomic mass is 9.46. The maximum atomic E-state index is 12.6. The highest BCUT2D eigenvalue weighted by atomic mass is 16.8. The molecule has 53 heavy (non-hydrogen) atoms. The van der Waals surface area contributed by atoms with E-state index in [1.54, 1.807) is 0 Å². The Morgan fingerprint density at radius 1 is 0.868 bits per heavy atom. The van der Waals surface area contributed by atoms with Crippen LogP contribution in [0.3, 0.4) is 0 Å². The highest BCUT2D eigenvalue weighted by Crippen LogP contribution is 2.71. The van der Waals surface area contributed by atoms with E-state index in [0.29, 0.717) is 43.9 Å². The van der Waals surface area contributed by atoms with Gasteiger partial charge in [0.2, 0.25) is 0 Å². The number of allylic oxidation sites excluding steroid dienone is 1. The van der Waals surface area contributed by atoms with E-state index in [0.717, 1.165) is 25.7 Å². The van der Waals surface area contributed by atoms with Crippen LogP contribution in [-0.4, -0.2) is 144 Å². The molecule has 3 saturated carbocycles. The SMILES string of the molecule is C[C@@H](CO)CCC1(O)O[C@H]2C[C@H]3[C@@H]4CC=C5C[C@@H](O[C@@H]6O[C@H](CO)[C@@H](O)[C@H](O)[C@H]6O[C@@H]6O[C@@H](C)[C@H](O)[C@@H](O)[C@H]6O)CC[C@]5(C)[C@H]4CC[C@]3(C)[C@@]2(O)[C@@H]1C. The summed E-state index contributed by atoms with van der Waals surface area (Å²) in [4.78, 5) is 0. The molecular weight excluding hydrogens is 692 g/mol. The van der Waals surface area contributed by atoms with E-state index in [1.165, 1.54) is 12.5 Å². The van der Waals surface area contributed by atoms with Gasteiger partial charge in [0, 0.05) is 24.4 Å². The number of hydrogen-bond acceptors (Lipinski definition) is 14. The molecule has 21 atom stereocenters. The van der Waals surface area contributed by atoms with Gasteiger partial charge in [0.1, 0.15) is 48.3 Å². The molecule has 304 valence electrons. The van der Waals surface area contributed by atoms with E-state index in [-0.39, 0.29) is 30.0 Å². The first-order chi connectivity index (χ1) is 24.9. The van der Waals surface area contributed by atoms with Gasteiger partial charge in [-0.15, -0.1) is 0 Å². The normalized spacial score (nSPS) is 55.8. The first-order valence-corrected chi connectivity index (χ1v) is 20.0. The molecule has 9 N–H and O–H groups in total. The van der Waals surface area contributed by atoms with Crippen molar-refractivity contribution in [2.24, 2.45) is 40.4 Å². The summed E-state index contributed by atoms with van der Waals surface area (Å²) in [7, 11) is 0. The van der Waals surface area contributed by atoms with Crippen LogP contribution in [0.5, 0.6) is 0 Å². The average Bonchev–Trinajstić information content (AvgIpc) is 3.48. The van der Waals surface area contributed by atoms with Crippen molar-refractivity contribution in [1.29, 1.82) is 0 Å². The predicted octanol–water partition coefficient (Wildman–Crippen LogP) is 0.459. The fraction of sp³-hybridized carbons (Fsp3) is 0.949. The molecule has 6 fully saturated rings. The lowest BCUT2D eigenvalue weighted by Crippen LogP contribution is -2.64. The molecule has 0 aromatic rings. The Kier molecular flexibility index (Phi) is 11.1. The van der Waals surface area contributed by atoms with Crippen LogP contribution in [0.1, 0.15) is 92.4 Å². The van der Waals surface area contributed by atoms with Crippen molar-refractivity contribution in [1.82, 2.24) is 0 Å². The molecule has 1 unspecified atom stereocenters. The number of aliphatic hydroxyl groups excluding tert-OH is 7. The maximum Gasteiger partial charge on any atom is 0.187 e. The standard InChI is InChI=1S/C39H64O14/c1-18(16-40)8-13-38(47)20(3)39(48)27(53-38)15-25-23-7-6-21-14-22(9-11-36(21,4)24(23)10-12-37(25,39)5)50-35-33(31(45)29(43)26(17-41)51-35)52-34-32(46)30(44)28(42)19(2)49-34/h6,18-20,22-35,40-48H,7-17H2,1-5H3/t18-,19+,20-,22+,23-,24+,25+,26-,27+,28+,29-,30-,31+,32-,33-,34+,35-,36+,37+,38?,39-/m1/s1. The molecule has 0 amide bonds. The Morgan fingerprint density at radius 2 is 1.60 bits per heavy atom. The fourth-order valence-electron chi connectivity index (χ4n) is 12.0. The zero-order valence-corrected chi connectivity index (χ0v) is 31.7. The second-order valence-electron chi connectivity index (χ2n) is 18.3. The van der Waals surface area contributed by atoms with E-state index in [9.17, 15) is 46.0 Å². The van der Waals surface area contributed by atoms with Crippen molar-refractivity contribution in [3.63, 3.8) is 0 Å². The minimum absolute atomic E-state index is 0.0370. The largest absolute Gasteiger partial charge is 0.396 e. The Balaban J connectivity index is 1.05. The molecule has 0 bridgehead atoms. The Morgan fingerprint density at radius 3 is 2.30 bits per heavy atom. The van der Waals surface area contributed by atoms with Crippen LogP contribution in [-0.2, 0) is 23.7 Å². The van der Waals surface area contributed by atoms with Crippen molar-refractivity contribution in [2.45, 2.75) is 177 Å². The fourth-order valence-corrected chi connectivity index (χ4v) is 12.0. The molecule has 3 aliphatic heterocycles. The maximum absolute atomic E-state index is 12.6. The molecular formula is C39H64O14. The highest BCUT2D eigenvalue weighted by Gasteiger charge is 2.75. The van der Waals surface area contributed by atoms with Crippen molar-refractivity contribution < 1.29 is 69.6 Å². The van der Waals surface area contributed by atoms with Crippen LogP contribution >= 0.6 is 0 Å². The topological polar surface area (TPSA) is 228 Å². The zero-order valence-electron chi connectivity index (χ0n) is 31.7. The number of fused-ring (bicyclic) bond motifs is 7. The minimum Gasteiger partial charge on any atom is -0.396 e. The monoisotopic (exact) mass is 756 g/mol. The Hall–Kier alpha value is -0.820. The lowest BCUT2D eigenvalue weighted by Gasteiger charge is -2.59. The summed E-state index contributed by atoms with van der Waals surface area (Å²) in [5.41, 5.74) is -0.389. The smallest absolute Gasteiger partial charge is 0.187 e. The van der Waals surface area contributed by atoms with Gasteiger partial charge >= 0.3 is 0 Å². The van der Waals surface area contributed by atoms with Gasteiger partial charge in [0.25, 0.3) is 0 Å². The van der Waals surface area contributed by atoms with Gasteiger partial charge in [-0.05, 0) is 87.4 Å². The molecule has 0 aromatic carbocycles. The molecule has 14 nitrogen and oxygen atoms in total. The van der Waals surface area contributed by atoms with E-state index in [2.05, 4.69) is 19.9 Å². The third-order valence-electron chi connectivity index (χ3n) is 15.6. The van der Waals surface area contributed by atoms with Crippen molar-refractivity contribution in [3.05, 3.63) is 11.6 Å². The summed E-state index contributed by atoms with van der Waals surface area (Å²) in [5, 5.41) is 96.6. The van der Waals surface area contributed by atoms with Crippen molar-refractivity contribution in [2.75, 3.05) is 13.2 Å². The highest BCUT2D eigenvalue weighted by molar-refractivity contribution is 5.28. The molecule has 7 aliphatic rings. The van der Waals surface area contributed by atoms with Crippen LogP contribution in [0.15, 0.2) is 11.6 Å². The summed E-state index contributed by atoms with van der Waals surface area (Å²) >= 11 is 0. The van der Waals surface area contributed by atoms with Crippen LogP contribution in [0.4, 0.5) is 0 Å². The molecule has 14 heteroatoms. The van der Waals surface area contributed by atoms with Gasteiger partial charge < -0.3 is 69.6 Å². The molecule has 7 rings (SSSR count). The molecule has 3 heterocycles. The number of aliphatic hydroxyl groups is 9. The van der Waals surface area contributed by atoms with E-state index in [4.69, 9.17) is 23.7 Å². The molecule has 0 radical (unpaired) electrons. The summed E-state index contributed by atoms with van der Waals surface area (Å²) in [6.45, 7) is 9.40. The van der Waals surface area contributed by atoms with Crippen LogP contribution in [0, 0.1) is 40.4 Å². The summed E-state index contributed by atoms with van der Waals surface area (Å²) in [5.74, 6) is -0.916. The van der Waals surface area contributed by atoms with Crippen LogP contribution < -0.4 is 0 Å². The van der Waals surface area contributed by atoms with Crippen LogP contribution in [0.25, 0.3) is 0 Å². The molecule has 3 saturated heterocycles. The second kappa shape index (κ2) is 14.5. The minimum atomic E-state index is -1.64. The average molecular weight is 757 g/mol. The molecule has 4 aliphatic carbocycles. The first-order valence-electron chi connectivity index (χ1n) is 20.0. The van der Waals surface area contributed by atoms with Crippen molar-refractivity contribution in [3.8, 4) is 0 Å². The summed E-state index contributed by atoms with van der Waals surface area (Å²) < 4.78 is 30.4. The summed E-state index contributed by atoms with van der Waals surface area (Å²) in [6, 6.07) is 0. The van der Waals surface area contributed by atoms with Gasteiger partial charge in [-0.3, -0.25) is 0 Å². The molecule has 0 aromatic heterocycles. The van der Waals surface area contributed by atoms with E-state index < -0.39 is 96.8 Å². The van der Waals surface area contributed by atoms with E-state index in [1.807, 2.05) is 13.8 Å². The summed E-state index contributed by atoms with van der Waals surface area (Å²) in [6.07, 6.45) is -5.79. The molecule has 0 spiro atoms. The van der Waals surface area contributed by atoms with Gasteiger partial charge in [0.15, 0.2) is 18.4 Å². The first kappa shape index (κ1) is 40.4. The van der Waals surface area contributed by atoms with Gasteiger partial charge in [-0.1, -0.05) is 39.3 Å². The van der Waals surface area contributed by atoms with Gasteiger partial charge in [-0.25, -0.2) is 0 Å². The number of rotatable bonds is 9. The second-order valence-corrected chi connectivity index (χ2v) is 18.3. The number of hydrogen-bond donors (Lipinski definition) is 9. The Labute approximate surface area is 312 Å². The predicted molar refractivity (Wildman–Crippen MR) is 186 cm³/mol. The van der Waals surface area contributed by atoms with Gasteiger partial charge in [0.05, 0.1) is 24.9 Å². The lowest BCUT2D eigenvalue weighted by molar-refractivity contribution is -0.369. The van der Waals surface area contributed by atoms with E-state index >= 15 is 0 Å². The van der Waals surface area contributed by atoms with Gasteiger partial charge in [-0.2, -0.15) is 0 Å². The number of ether oxygens (including phenoxy) is 5. The zero-order chi connectivity index (χ0) is 38.4. The van der Waals surface area contributed by atoms with Crippen LogP contribution in [0.2, 0.25) is 0 Å². The quantitative estimate of drug-likeness (QED) is 0.146. The Bertz CT molecular complexity index is 1350.